The largest absolute Gasteiger partial charge is 0.420 e. The van der Waals surface area contributed by atoms with Crippen molar-refractivity contribution in [3.05, 3.63) is 38.8 Å². The van der Waals surface area contributed by atoms with E-state index in [1.165, 1.54) is 5.69 Å². The van der Waals surface area contributed by atoms with E-state index in [9.17, 15) is 0 Å². The average Bonchev–Trinajstić information content (AvgIpc) is 3.28. The van der Waals surface area contributed by atoms with Crippen molar-refractivity contribution >= 4 is 22.7 Å². The molecule has 0 N–H and O–H groups in total. The Bertz CT molecular complexity index is 757. The highest BCUT2D eigenvalue weighted by molar-refractivity contribution is 7.09. The molecule has 0 saturated carbocycles. The lowest BCUT2D eigenvalue weighted by Crippen LogP contribution is -2.32. The fourth-order valence-electron chi connectivity index (χ4n) is 2.95. The van der Waals surface area contributed by atoms with Crippen molar-refractivity contribution in [3.8, 4) is 11.5 Å². The van der Waals surface area contributed by atoms with E-state index in [4.69, 9.17) is 4.42 Å². The number of likely N-dealkylation sites (tertiary alicyclic amines) is 1. The summed E-state index contributed by atoms with van der Waals surface area (Å²) in [6.45, 7) is 5.11. The van der Waals surface area contributed by atoms with E-state index < -0.39 is 0 Å². The Morgan fingerprint density at radius 2 is 2.13 bits per heavy atom. The lowest BCUT2D eigenvalue weighted by molar-refractivity contribution is 0.191. The van der Waals surface area contributed by atoms with Crippen LogP contribution in [0.2, 0.25) is 0 Å². The van der Waals surface area contributed by atoms with Gasteiger partial charge in [0.05, 0.1) is 10.7 Å². The molecule has 0 amide bonds. The van der Waals surface area contributed by atoms with Gasteiger partial charge in [-0.15, -0.1) is 21.5 Å². The number of piperidine rings is 1. The predicted octanol–water partition coefficient (Wildman–Crippen LogP) is 3.94. The van der Waals surface area contributed by atoms with Gasteiger partial charge in [0.15, 0.2) is 0 Å². The zero-order valence-corrected chi connectivity index (χ0v) is 14.6. The zero-order valence-electron chi connectivity index (χ0n) is 12.9. The van der Waals surface area contributed by atoms with Crippen molar-refractivity contribution in [1.29, 1.82) is 0 Å². The number of thiophene rings is 1. The highest BCUT2D eigenvalue weighted by Crippen LogP contribution is 2.30. The smallest absolute Gasteiger partial charge is 0.248 e. The molecule has 0 radical (unpaired) electrons. The minimum absolute atomic E-state index is 0.378. The number of aromatic nitrogens is 3. The molecule has 7 heteroatoms. The van der Waals surface area contributed by atoms with Gasteiger partial charge in [0.25, 0.3) is 0 Å². The van der Waals surface area contributed by atoms with E-state index in [1.807, 2.05) is 16.8 Å². The summed E-state index contributed by atoms with van der Waals surface area (Å²) in [6.07, 6.45) is 2.13. The summed E-state index contributed by atoms with van der Waals surface area (Å²) in [7, 11) is 0. The molecule has 3 aromatic heterocycles. The van der Waals surface area contributed by atoms with Gasteiger partial charge >= 0.3 is 0 Å². The molecular formula is C16H18N4OS2. The van der Waals surface area contributed by atoms with Crippen LogP contribution in [0.3, 0.4) is 0 Å². The van der Waals surface area contributed by atoms with Crippen molar-refractivity contribution in [2.45, 2.75) is 32.2 Å². The quantitative estimate of drug-likeness (QED) is 0.716. The Balaban J connectivity index is 1.36. The molecule has 3 aromatic rings. The van der Waals surface area contributed by atoms with Crippen LogP contribution in [0, 0.1) is 6.92 Å². The maximum atomic E-state index is 5.88. The zero-order chi connectivity index (χ0) is 15.6. The first-order valence-electron chi connectivity index (χ1n) is 7.77. The maximum absolute atomic E-state index is 5.88. The lowest BCUT2D eigenvalue weighted by atomic mass is 9.97. The molecular weight excluding hydrogens is 328 g/mol. The number of rotatable bonds is 4. The number of hydrogen-bond acceptors (Lipinski definition) is 7. The molecule has 4 heterocycles. The maximum Gasteiger partial charge on any atom is 0.248 e. The topological polar surface area (TPSA) is 55.1 Å². The van der Waals surface area contributed by atoms with Gasteiger partial charge in [-0.1, -0.05) is 0 Å². The summed E-state index contributed by atoms with van der Waals surface area (Å²) in [6, 6.07) is 2.01. The predicted molar refractivity (Wildman–Crippen MR) is 91.7 cm³/mol. The van der Waals surface area contributed by atoms with E-state index in [0.29, 0.717) is 11.8 Å². The Morgan fingerprint density at radius 3 is 2.83 bits per heavy atom. The van der Waals surface area contributed by atoms with Gasteiger partial charge in [0, 0.05) is 28.8 Å². The van der Waals surface area contributed by atoms with E-state index in [-0.39, 0.29) is 0 Å². The minimum atomic E-state index is 0.378. The molecule has 5 nitrogen and oxygen atoms in total. The normalized spacial score (nSPS) is 16.9. The van der Waals surface area contributed by atoms with Gasteiger partial charge in [0.2, 0.25) is 11.8 Å². The van der Waals surface area contributed by atoms with E-state index in [2.05, 4.69) is 32.4 Å². The summed E-state index contributed by atoms with van der Waals surface area (Å²) < 4.78 is 5.88. The first kappa shape index (κ1) is 15.0. The third-order valence-corrected chi connectivity index (χ3v) is 5.70. The van der Waals surface area contributed by atoms with Crippen LogP contribution in [0.15, 0.2) is 26.6 Å². The van der Waals surface area contributed by atoms with E-state index in [0.717, 1.165) is 48.9 Å². The van der Waals surface area contributed by atoms with E-state index >= 15 is 0 Å². The molecule has 23 heavy (non-hydrogen) atoms. The third-order valence-electron chi connectivity index (χ3n) is 4.20. The second-order valence-electron chi connectivity index (χ2n) is 5.87. The van der Waals surface area contributed by atoms with Crippen molar-refractivity contribution in [3.63, 3.8) is 0 Å². The molecule has 1 saturated heterocycles. The average molecular weight is 346 g/mol. The number of thiazole rings is 1. The number of hydrogen-bond donors (Lipinski definition) is 0. The van der Waals surface area contributed by atoms with Crippen LogP contribution < -0.4 is 0 Å². The summed E-state index contributed by atoms with van der Waals surface area (Å²) in [4.78, 5) is 7.01. The van der Waals surface area contributed by atoms with Gasteiger partial charge in [-0.2, -0.15) is 11.3 Å². The summed E-state index contributed by atoms with van der Waals surface area (Å²) in [5.74, 6) is 1.81. The Morgan fingerprint density at radius 1 is 1.26 bits per heavy atom. The third kappa shape index (κ3) is 3.36. The van der Waals surface area contributed by atoms with Crippen LogP contribution in [0.1, 0.15) is 35.4 Å². The van der Waals surface area contributed by atoms with Crippen molar-refractivity contribution < 1.29 is 4.42 Å². The van der Waals surface area contributed by atoms with Crippen LogP contribution in [-0.2, 0) is 6.54 Å². The summed E-state index contributed by atoms with van der Waals surface area (Å²) in [5.41, 5.74) is 2.20. The summed E-state index contributed by atoms with van der Waals surface area (Å²) >= 11 is 3.36. The van der Waals surface area contributed by atoms with Crippen LogP contribution >= 0.6 is 22.7 Å². The molecule has 4 rings (SSSR count). The van der Waals surface area contributed by atoms with Gasteiger partial charge in [-0.25, -0.2) is 4.98 Å². The number of aryl methyl sites for hydroxylation is 1. The van der Waals surface area contributed by atoms with Gasteiger partial charge < -0.3 is 4.42 Å². The fourth-order valence-corrected chi connectivity index (χ4v) is 4.18. The van der Waals surface area contributed by atoms with Gasteiger partial charge in [-0.3, -0.25) is 4.90 Å². The van der Waals surface area contributed by atoms with Crippen molar-refractivity contribution in [1.82, 2.24) is 20.1 Å². The van der Waals surface area contributed by atoms with E-state index in [1.54, 1.807) is 22.7 Å². The lowest BCUT2D eigenvalue weighted by Gasteiger charge is -2.29. The summed E-state index contributed by atoms with van der Waals surface area (Å²) in [5, 5.41) is 15.8. The molecule has 1 fully saturated rings. The molecule has 0 atom stereocenters. The number of nitrogens with zero attached hydrogens (tertiary/aromatic N) is 4. The SMILES string of the molecule is Cc1nc(CN2CCC(c3nnc(-c4ccsc4)o3)CC2)cs1. The monoisotopic (exact) mass is 346 g/mol. The molecule has 0 unspecified atom stereocenters. The molecule has 0 aromatic carbocycles. The Hall–Kier alpha value is -1.57. The molecule has 0 spiro atoms. The molecule has 120 valence electrons. The molecule has 1 aliphatic heterocycles. The Labute approximate surface area is 143 Å². The van der Waals surface area contributed by atoms with Crippen LogP contribution in [0.5, 0.6) is 0 Å². The minimum Gasteiger partial charge on any atom is -0.420 e. The molecule has 1 aliphatic rings. The first-order valence-corrected chi connectivity index (χ1v) is 9.59. The highest BCUT2D eigenvalue weighted by Gasteiger charge is 2.25. The molecule has 0 aliphatic carbocycles. The Kier molecular flexibility index (Phi) is 4.24. The van der Waals surface area contributed by atoms with Gasteiger partial charge in [0.1, 0.15) is 0 Å². The molecule has 0 bridgehead atoms. The van der Waals surface area contributed by atoms with Crippen LogP contribution in [-0.4, -0.2) is 33.2 Å². The van der Waals surface area contributed by atoms with Crippen LogP contribution in [0.4, 0.5) is 0 Å². The van der Waals surface area contributed by atoms with Crippen molar-refractivity contribution in [2.75, 3.05) is 13.1 Å². The first-order chi connectivity index (χ1) is 11.3. The van der Waals surface area contributed by atoms with Gasteiger partial charge in [-0.05, 0) is 44.3 Å². The van der Waals surface area contributed by atoms with Crippen molar-refractivity contribution in [2.24, 2.45) is 0 Å². The highest BCUT2D eigenvalue weighted by atomic mass is 32.1. The van der Waals surface area contributed by atoms with Crippen LogP contribution in [0.25, 0.3) is 11.5 Å². The second-order valence-corrected chi connectivity index (χ2v) is 7.71. The second kappa shape index (κ2) is 6.51. The standard InChI is InChI=1S/C16H18N4OS2/c1-11-17-14(10-23-11)8-20-5-2-12(3-6-20)15-18-19-16(21-15)13-4-7-22-9-13/h4,7,9-10,12H,2-3,5-6,8H2,1H3. The fraction of sp³-hybridized carbons (Fsp3) is 0.438.